The number of anilines is 4. The first-order valence-corrected chi connectivity index (χ1v) is 11.6. The van der Waals surface area contributed by atoms with Crippen LogP contribution in [0.15, 0.2) is 66.7 Å². The lowest BCUT2D eigenvalue weighted by Gasteiger charge is -2.12. The van der Waals surface area contributed by atoms with Crippen LogP contribution in [-0.4, -0.2) is 37.4 Å². The maximum Gasteiger partial charge on any atom is 0.406 e. The molecule has 0 fully saturated rings. The third kappa shape index (κ3) is 6.13. The molecule has 4 aromatic rings. The van der Waals surface area contributed by atoms with Gasteiger partial charge in [0.1, 0.15) is 12.3 Å². The first-order valence-electron chi connectivity index (χ1n) is 11.6. The summed E-state index contributed by atoms with van der Waals surface area (Å²) in [5.74, 6) is 5.96. The molecule has 0 aliphatic rings. The number of alkyl halides is 3. The van der Waals surface area contributed by atoms with Crippen molar-refractivity contribution >= 4 is 39.6 Å². The summed E-state index contributed by atoms with van der Waals surface area (Å²) >= 11 is 0. The van der Waals surface area contributed by atoms with Gasteiger partial charge in [0.15, 0.2) is 0 Å². The maximum absolute atomic E-state index is 13.5. The Kier molecular flexibility index (Phi) is 7.67. The number of nitrogens with zero attached hydrogens (tertiary/aromatic N) is 1. The van der Waals surface area contributed by atoms with Gasteiger partial charge in [0.25, 0.3) is 5.91 Å². The molecule has 0 bridgehead atoms. The van der Waals surface area contributed by atoms with Gasteiger partial charge < -0.3 is 31.0 Å². The molecule has 0 atom stereocenters. The highest BCUT2D eigenvalue weighted by molar-refractivity contribution is 5.96. The fraction of sp³-hybridized carbons (Fsp3) is 0.179. The Morgan fingerprint density at radius 1 is 1.05 bits per heavy atom. The van der Waals surface area contributed by atoms with Crippen LogP contribution in [0.3, 0.4) is 0 Å². The fourth-order valence-electron chi connectivity index (χ4n) is 3.97. The van der Waals surface area contributed by atoms with Gasteiger partial charge in [-0.1, -0.05) is 12.0 Å². The van der Waals surface area contributed by atoms with E-state index in [1.54, 1.807) is 66.7 Å². The second-order valence-corrected chi connectivity index (χ2v) is 8.37. The highest BCUT2D eigenvalue weighted by atomic mass is 19.4. The maximum atomic E-state index is 13.5. The number of fused-ring (bicyclic) bond motifs is 1. The number of nitrogen functional groups attached to an aromatic ring is 1. The van der Waals surface area contributed by atoms with Crippen LogP contribution >= 0.6 is 0 Å². The van der Waals surface area contributed by atoms with Gasteiger partial charge in [0.2, 0.25) is 0 Å². The minimum atomic E-state index is -4.43. The Morgan fingerprint density at radius 2 is 1.82 bits per heavy atom. The van der Waals surface area contributed by atoms with Crippen molar-refractivity contribution in [2.24, 2.45) is 0 Å². The van der Waals surface area contributed by atoms with Crippen LogP contribution in [0.2, 0.25) is 0 Å². The number of hydrogen-bond donors (Lipinski definition) is 4. The van der Waals surface area contributed by atoms with Crippen molar-refractivity contribution in [2.45, 2.75) is 12.7 Å². The van der Waals surface area contributed by atoms with Gasteiger partial charge in [0, 0.05) is 35.1 Å². The highest BCUT2D eigenvalue weighted by Gasteiger charge is 2.30. The lowest BCUT2D eigenvalue weighted by Crippen LogP contribution is -2.18. The average Bonchev–Trinajstić information content (AvgIpc) is 3.24. The molecule has 3 aromatic carbocycles. The van der Waals surface area contributed by atoms with Crippen LogP contribution < -0.4 is 26.4 Å². The summed E-state index contributed by atoms with van der Waals surface area (Å²) in [5, 5.41) is 9.48. The Morgan fingerprint density at radius 3 is 2.50 bits per heavy atom. The number of carbonyl (C=O) groups is 1. The number of methoxy groups -OCH3 is 1. The van der Waals surface area contributed by atoms with E-state index >= 15 is 0 Å². The summed E-state index contributed by atoms with van der Waals surface area (Å²) in [4.78, 5) is 11.9. The van der Waals surface area contributed by atoms with E-state index in [1.807, 2.05) is 0 Å². The molecule has 196 valence electrons. The van der Waals surface area contributed by atoms with Crippen LogP contribution in [0.4, 0.5) is 35.9 Å². The number of amides is 1. The van der Waals surface area contributed by atoms with Crippen molar-refractivity contribution in [3.8, 4) is 17.6 Å². The van der Waals surface area contributed by atoms with Gasteiger partial charge in [0.05, 0.1) is 30.6 Å². The lowest BCUT2D eigenvalue weighted by atomic mass is 10.1. The molecule has 1 aromatic heterocycles. The third-order valence-electron chi connectivity index (χ3n) is 5.75. The number of hydrogen-bond acceptors (Lipinski definition) is 5. The number of benzene rings is 3. The fourth-order valence-corrected chi connectivity index (χ4v) is 3.97. The zero-order chi connectivity index (χ0) is 27.3. The van der Waals surface area contributed by atoms with Gasteiger partial charge in [-0.3, -0.25) is 4.79 Å². The molecule has 7 nitrogen and oxygen atoms in total. The second kappa shape index (κ2) is 11.1. The van der Waals surface area contributed by atoms with Crippen molar-refractivity contribution in [1.29, 1.82) is 0 Å². The van der Waals surface area contributed by atoms with Crippen molar-refractivity contribution in [1.82, 2.24) is 9.88 Å². The Balaban J connectivity index is 1.62. The summed E-state index contributed by atoms with van der Waals surface area (Å²) in [6.45, 7) is -1.03. The number of carbonyl (C=O) groups excluding carboxylic acids is 1. The number of rotatable bonds is 7. The first kappa shape index (κ1) is 26.3. The average molecular weight is 522 g/mol. The summed E-state index contributed by atoms with van der Waals surface area (Å²) in [5.41, 5.74) is 9.42. The topological polar surface area (TPSA) is 93.3 Å². The standard InChI is InChI=1S/C28H26F3N5O2/c1-33-27(37)18-8-13-24(26(15-18)38-2)34-14-4-5-21-16-22-23(35-20-11-9-19(32)10-12-20)6-3-7-25(22)36(21)17-28(29,30)31/h3,6-13,15-16,34-35H,14,17,32H2,1-2H3,(H,33,37). The summed E-state index contributed by atoms with van der Waals surface area (Å²) < 4.78 is 46.9. The largest absolute Gasteiger partial charge is 0.495 e. The van der Waals surface area contributed by atoms with Crippen molar-refractivity contribution in [3.63, 3.8) is 0 Å². The van der Waals surface area contributed by atoms with E-state index in [-0.39, 0.29) is 18.1 Å². The zero-order valence-electron chi connectivity index (χ0n) is 20.7. The third-order valence-corrected chi connectivity index (χ3v) is 5.75. The van der Waals surface area contributed by atoms with E-state index in [0.29, 0.717) is 39.3 Å². The molecule has 0 saturated carbocycles. The van der Waals surface area contributed by atoms with E-state index in [9.17, 15) is 18.0 Å². The molecule has 1 amide bonds. The van der Waals surface area contributed by atoms with Crippen molar-refractivity contribution < 1.29 is 22.7 Å². The molecular formula is C28H26F3N5O2. The van der Waals surface area contributed by atoms with Crippen molar-refractivity contribution in [3.05, 3.63) is 78.0 Å². The quantitative estimate of drug-likeness (QED) is 0.194. The Hall–Kier alpha value is -4.78. The van der Waals surface area contributed by atoms with Crippen LogP contribution in [0.25, 0.3) is 10.9 Å². The zero-order valence-corrected chi connectivity index (χ0v) is 20.7. The molecule has 5 N–H and O–H groups in total. The predicted molar refractivity (Wildman–Crippen MR) is 144 cm³/mol. The Labute approximate surface area is 217 Å². The van der Waals surface area contributed by atoms with E-state index < -0.39 is 12.7 Å². The molecule has 0 radical (unpaired) electrons. The molecule has 38 heavy (non-hydrogen) atoms. The second-order valence-electron chi connectivity index (χ2n) is 8.37. The monoisotopic (exact) mass is 521 g/mol. The summed E-state index contributed by atoms with van der Waals surface area (Å²) in [6, 6.07) is 18.7. The summed E-state index contributed by atoms with van der Waals surface area (Å²) in [6.07, 6.45) is -4.43. The van der Waals surface area contributed by atoms with Crippen LogP contribution in [0, 0.1) is 11.8 Å². The number of halogens is 3. The van der Waals surface area contributed by atoms with Gasteiger partial charge in [-0.05, 0) is 66.6 Å². The van der Waals surface area contributed by atoms with E-state index in [1.165, 1.54) is 14.2 Å². The molecule has 0 saturated heterocycles. The van der Waals surface area contributed by atoms with Crippen LogP contribution in [0.5, 0.6) is 5.75 Å². The first-order chi connectivity index (χ1) is 18.2. The normalized spacial score (nSPS) is 11.0. The van der Waals surface area contributed by atoms with Gasteiger partial charge in [-0.25, -0.2) is 0 Å². The SMILES string of the molecule is CNC(=O)c1ccc(NCC#Cc2cc3c(Nc4ccc(N)cc4)cccc3n2CC(F)(F)F)c(OC)c1. The number of nitrogens with one attached hydrogen (secondary N) is 3. The molecule has 1 heterocycles. The van der Waals surface area contributed by atoms with Crippen molar-refractivity contribution in [2.75, 3.05) is 37.1 Å². The van der Waals surface area contributed by atoms with E-state index in [4.69, 9.17) is 10.5 Å². The van der Waals surface area contributed by atoms with Gasteiger partial charge in [-0.15, -0.1) is 0 Å². The molecular weight excluding hydrogens is 495 g/mol. The number of nitrogens with two attached hydrogens (primary N) is 1. The minimum Gasteiger partial charge on any atom is -0.495 e. The van der Waals surface area contributed by atoms with Gasteiger partial charge >= 0.3 is 6.18 Å². The van der Waals surface area contributed by atoms with Crippen LogP contribution in [-0.2, 0) is 6.54 Å². The molecule has 0 spiro atoms. The number of ether oxygens (including phenoxy) is 1. The molecule has 0 unspecified atom stereocenters. The number of aromatic nitrogens is 1. The molecule has 4 rings (SSSR count). The highest BCUT2D eigenvalue weighted by Crippen LogP contribution is 2.32. The molecule has 0 aliphatic carbocycles. The molecule has 0 aliphatic heterocycles. The molecule has 10 heteroatoms. The summed E-state index contributed by atoms with van der Waals surface area (Å²) in [7, 11) is 3.01. The predicted octanol–water partition coefficient (Wildman–Crippen LogP) is 5.36. The smallest absolute Gasteiger partial charge is 0.406 e. The minimum absolute atomic E-state index is 0.139. The lowest BCUT2D eigenvalue weighted by molar-refractivity contribution is -0.140. The van der Waals surface area contributed by atoms with Gasteiger partial charge in [-0.2, -0.15) is 13.2 Å². The van der Waals surface area contributed by atoms with E-state index in [0.717, 1.165) is 10.3 Å². The van der Waals surface area contributed by atoms with E-state index in [2.05, 4.69) is 27.8 Å². The van der Waals surface area contributed by atoms with Crippen LogP contribution in [0.1, 0.15) is 16.1 Å². The Bertz CT molecular complexity index is 1520.